The lowest BCUT2D eigenvalue weighted by molar-refractivity contribution is 0.475. The number of phenolic OH excluding ortho intramolecular Hbond substituents is 1. The molecule has 0 heterocycles. The second-order valence-corrected chi connectivity index (χ2v) is 3.10. The summed E-state index contributed by atoms with van der Waals surface area (Å²) in [5, 5.41) is 8.98. The maximum absolute atomic E-state index is 8.98. The topological polar surface area (TPSA) is 20.2 Å². The lowest BCUT2D eigenvalue weighted by Gasteiger charge is -1.99. The molecular formula is C7H7BrOS. The van der Waals surface area contributed by atoms with Crippen LogP contribution >= 0.6 is 28.6 Å². The van der Waals surface area contributed by atoms with E-state index in [2.05, 4.69) is 28.6 Å². The summed E-state index contributed by atoms with van der Waals surface area (Å²) >= 11 is 7.40. The van der Waals surface area contributed by atoms with E-state index in [1.807, 2.05) is 6.07 Å². The lowest BCUT2D eigenvalue weighted by atomic mass is 10.2. The quantitative estimate of drug-likeness (QED) is 0.695. The second kappa shape index (κ2) is 3.30. The summed E-state index contributed by atoms with van der Waals surface area (Å²) in [6, 6.07) is 5.15. The minimum absolute atomic E-state index is 0.275. The summed E-state index contributed by atoms with van der Waals surface area (Å²) in [4.78, 5) is 0. The van der Waals surface area contributed by atoms with Crippen molar-refractivity contribution in [3.63, 3.8) is 0 Å². The molecule has 1 aromatic carbocycles. The Kier molecular flexibility index (Phi) is 2.63. The highest BCUT2D eigenvalue weighted by atomic mass is 79.9. The van der Waals surface area contributed by atoms with Crippen LogP contribution in [0.4, 0.5) is 0 Å². The van der Waals surface area contributed by atoms with Gasteiger partial charge in [-0.15, -0.1) is 0 Å². The third-order valence-corrected chi connectivity index (χ3v) is 2.29. The van der Waals surface area contributed by atoms with Gasteiger partial charge in [-0.05, 0) is 17.7 Å². The van der Waals surface area contributed by atoms with E-state index in [0.717, 1.165) is 10.0 Å². The molecule has 0 saturated carbocycles. The van der Waals surface area contributed by atoms with E-state index in [1.165, 1.54) is 0 Å². The third kappa shape index (κ3) is 1.67. The molecule has 0 amide bonds. The first kappa shape index (κ1) is 7.95. The van der Waals surface area contributed by atoms with Crippen LogP contribution in [0.15, 0.2) is 22.7 Å². The van der Waals surface area contributed by atoms with Gasteiger partial charge in [-0.25, -0.2) is 0 Å². The van der Waals surface area contributed by atoms with Gasteiger partial charge < -0.3 is 5.11 Å². The molecule has 1 aromatic rings. The predicted octanol–water partition coefficient (Wildman–Crippen LogP) is 2.58. The Morgan fingerprint density at radius 1 is 1.50 bits per heavy atom. The van der Waals surface area contributed by atoms with Crippen LogP contribution in [0.5, 0.6) is 5.75 Å². The Morgan fingerprint density at radius 3 is 2.70 bits per heavy atom. The Labute approximate surface area is 73.6 Å². The van der Waals surface area contributed by atoms with Crippen LogP contribution in [0.2, 0.25) is 0 Å². The predicted molar refractivity (Wildman–Crippen MR) is 48.5 cm³/mol. The number of aromatic hydroxyl groups is 1. The Hall–Kier alpha value is -0.150. The maximum atomic E-state index is 8.98. The zero-order chi connectivity index (χ0) is 7.56. The fourth-order valence-electron chi connectivity index (χ4n) is 0.664. The van der Waals surface area contributed by atoms with Gasteiger partial charge in [-0.3, -0.25) is 0 Å². The summed E-state index contributed by atoms with van der Waals surface area (Å²) in [7, 11) is 0. The van der Waals surface area contributed by atoms with Gasteiger partial charge in [0, 0.05) is 10.2 Å². The monoisotopic (exact) mass is 218 g/mol. The first-order valence-electron chi connectivity index (χ1n) is 2.82. The van der Waals surface area contributed by atoms with Gasteiger partial charge in [0.2, 0.25) is 0 Å². The Morgan fingerprint density at radius 2 is 2.20 bits per heavy atom. The van der Waals surface area contributed by atoms with E-state index >= 15 is 0 Å². The summed E-state index contributed by atoms with van der Waals surface area (Å²) in [6.07, 6.45) is 0. The summed E-state index contributed by atoms with van der Waals surface area (Å²) in [5.41, 5.74) is 1.08. The minimum Gasteiger partial charge on any atom is -0.508 e. The molecule has 0 aliphatic heterocycles. The molecule has 0 aromatic heterocycles. The number of hydrogen-bond acceptors (Lipinski definition) is 2. The maximum Gasteiger partial charge on any atom is 0.116 e. The molecule has 0 aliphatic rings. The molecule has 0 saturated heterocycles. The minimum atomic E-state index is 0.275. The van der Waals surface area contributed by atoms with Crippen molar-refractivity contribution in [2.75, 3.05) is 0 Å². The van der Waals surface area contributed by atoms with Crippen molar-refractivity contribution in [1.29, 1.82) is 0 Å². The second-order valence-electron chi connectivity index (χ2n) is 1.93. The van der Waals surface area contributed by atoms with Gasteiger partial charge in [-0.2, -0.15) is 12.6 Å². The first-order valence-corrected chi connectivity index (χ1v) is 4.25. The van der Waals surface area contributed by atoms with Crippen molar-refractivity contribution in [3.8, 4) is 5.75 Å². The van der Waals surface area contributed by atoms with E-state index in [-0.39, 0.29) is 5.75 Å². The fraction of sp³-hybridized carbons (Fsp3) is 0.143. The van der Waals surface area contributed by atoms with Crippen molar-refractivity contribution in [2.24, 2.45) is 0 Å². The normalized spacial score (nSPS) is 9.80. The molecule has 0 unspecified atom stereocenters. The molecule has 54 valence electrons. The zero-order valence-electron chi connectivity index (χ0n) is 5.21. The van der Waals surface area contributed by atoms with Crippen LogP contribution in [-0.4, -0.2) is 5.11 Å². The molecule has 1 nitrogen and oxygen atoms in total. The fourth-order valence-corrected chi connectivity index (χ4v) is 1.66. The van der Waals surface area contributed by atoms with Gasteiger partial charge in [-0.1, -0.05) is 22.0 Å². The molecule has 0 atom stereocenters. The smallest absolute Gasteiger partial charge is 0.116 e. The van der Waals surface area contributed by atoms with Crippen LogP contribution in [-0.2, 0) is 5.75 Å². The van der Waals surface area contributed by atoms with Crippen molar-refractivity contribution in [3.05, 3.63) is 28.2 Å². The van der Waals surface area contributed by atoms with E-state index < -0.39 is 0 Å². The third-order valence-electron chi connectivity index (χ3n) is 1.21. The van der Waals surface area contributed by atoms with Gasteiger partial charge in [0.05, 0.1) is 0 Å². The van der Waals surface area contributed by atoms with Crippen LogP contribution in [0.3, 0.4) is 0 Å². The van der Waals surface area contributed by atoms with Gasteiger partial charge in [0.15, 0.2) is 0 Å². The molecule has 1 N–H and O–H groups in total. The molecule has 0 aliphatic carbocycles. The molecule has 0 bridgehead atoms. The largest absolute Gasteiger partial charge is 0.508 e. The number of halogens is 1. The summed E-state index contributed by atoms with van der Waals surface area (Å²) < 4.78 is 0.905. The highest BCUT2D eigenvalue weighted by Gasteiger charge is 1.96. The molecule has 3 heteroatoms. The Balaban J connectivity index is 3.07. The van der Waals surface area contributed by atoms with E-state index in [4.69, 9.17) is 5.11 Å². The van der Waals surface area contributed by atoms with E-state index in [1.54, 1.807) is 12.1 Å². The highest BCUT2D eigenvalue weighted by Crippen LogP contribution is 2.22. The SMILES string of the molecule is Oc1ccc(CS)c(Br)c1. The lowest BCUT2D eigenvalue weighted by Crippen LogP contribution is -1.78. The average Bonchev–Trinajstić information content (AvgIpc) is 1.88. The molecule has 1 rings (SSSR count). The van der Waals surface area contributed by atoms with Gasteiger partial charge in [0.25, 0.3) is 0 Å². The number of phenols is 1. The zero-order valence-corrected chi connectivity index (χ0v) is 7.69. The van der Waals surface area contributed by atoms with Crippen molar-refractivity contribution in [1.82, 2.24) is 0 Å². The molecule has 0 radical (unpaired) electrons. The van der Waals surface area contributed by atoms with Crippen molar-refractivity contribution in [2.45, 2.75) is 5.75 Å². The van der Waals surface area contributed by atoms with Gasteiger partial charge in [0.1, 0.15) is 5.75 Å². The molecule has 0 fully saturated rings. The molecule has 10 heavy (non-hydrogen) atoms. The van der Waals surface area contributed by atoms with Crippen LogP contribution in [0.1, 0.15) is 5.56 Å². The van der Waals surface area contributed by atoms with Crippen LogP contribution < -0.4 is 0 Å². The molecular weight excluding hydrogens is 212 g/mol. The summed E-state index contributed by atoms with van der Waals surface area (Å²) in [5.74, 6) is 0.957. The number of thiol groups is 1. The highest BCUT2D eigenvalue weighted by molar-refractivity contribution is 9.10. The number of benzene rings is 1. The van der Waals surface area contributed by atoms with Gasteiger partial charge >= 0.3 is 0 Å². The Bertz CT molecular complexity index is 237. The van der Waals surface area contributed by atoms with Crippen molar-refractivity contribution >= 4 is 28.6 Å². The first-order chi connectivity index (χ1) is 4.74. The van der Waals surface area contributed by atoms with Crippen molar-refractivity contribution < 1.29 is 5.11 Å². The molecule has 0 spiro atoms. The van der Waals surface area contributed by atoms with E-state index in [0.29, 0.717) is 5.75 Å². The van der Waals surface area contributed by atoms with E-state index in [9.17, 15) is 0 Å². The summed E-state index contributed by atoms with van der Waals surface area (Å²) in [6.45, 7) is 0. The number of hydrogen-bond donors (Lipinski definition) is 2. The average molecular weight is 219 g/mol. The van der Waals surface area contributed by atoms with Crippen LogP contribution in [0, 0.1) is 0 Å². The standard InChI is InChI=1S/C7H7BrOS/c8-7-3-6(9)2-1-5(7)4-10/h1-3,9-10H,4H2. The number of rotatable bonds is 1. The van der Waals surface area contributed by atoms with Crippen LogP contribution in [0.25, 0.3) is 0 Å².